The third kappa shape index (κ3) is 6.07. The highest BCUT2D eigenvalue weighted by Gasteiger charge is 2.26. The number of aliphatic carboxylic acids is 1. The van der Waals surface area contributed by atoms with E-state index >= 15 is 0 Å². The molecule has 0 saturated carbocycles. The van der Waals surface area contributed by atoms with E-state index in [0.29, 0.717) is 37.2 Å². The van der Waals surface area contributed by atoms with E-state index in [1.807, 2.05) is 100 Å². The number of nitrogens with zero attached hydrogens (tertiary/aromatic N) is 3. The number of carbonyl (C=O) groups is 1. The Morgan fingerprint density at radius 3 is 1.97 bits per heavy atom. The average molecular weight is 473 g/mol. The predicted octanol–water partition coefficient (Wildman–Crippen LogP) is 5.54. The van der Waals surface area contributed by atoms with Crippen molar-refractivity contribution in [3.63, 3.8) is 0 Å². The van der Waals surface area contributed by atoms with Crippen molar-refractivity contribution in [1.29, 1.82) is 0 Å². The van der Waals surface area contributed by atoms with Crippen LogP contribution in [0.3, 0.4) is 0 Å². The van der Waals surface area contributed by atoms with Crippen LogP contribution < -0.4 is 0 Å². The Bertz CT molecular complexity index is 1200. The average Bonchev–Trinajstić information content (AvgIpc) is 3.23. The highest BCUT2D eigenvalue weighted by molar-refractivity contribution is 7.71. The van der Waals surface area contributed by atoms with E-state index in [1.165, 1.54) is 0 Å². The van der Waals surface area contributed by atoms with E-state index in [9.17, 15) is 9.90 Å². The van der Waals surface area contributed by atoms with Crippen molar-refractivity contribution in [3.05, 3.63) is 107 Å². The number of rotatable bonds is 11. The van der Waals surface area contributed by atoms with Crippen molar-refractivity contribution < 1.29 is 9.90 Å². The summed E-state index contributed by atoms with van der Waals surface area (Å²) in [5.74, 6) is -0.0474. The lowest BCUT2D eigenvalue weighted by Crippen LogP contribution is -2.40. The summed E-state index contributed by atoms with van der Waals surface area (Å²) in [5, 5.41) is 17.4. The molecule has 34 heavy (non-hydrogen) atoms. The molecule has 1 aromatic heterocycles. The van der Waals surface area contributed by atoms with E-state index in [1.54, 1.807) is 0 Å². The molecule has 0 aliphatic carbocycles. The van der Waals surface area contributed by atoms with Crippen LogP contribution in [0.5, 0.6) is 0 Å². The zero-order valence-electron chi connectivity index (χ0n) is 18.9. The highest BCUT2D eigenvalue weighted by Crippen LogP contribution is 2.20. The largest absolute Gasteiger partial charge is 0.480 e. The summed E-state index contributed by atoms with van der Waals surface area (Å²) >= 11 is 5.45. The van der Waals surface area contributed by atoms with Crippen LogP contribution in [-0.4, -0.2) is 36.8 Å². The quantitative estimate of drug-likeness (QED) is 0.280. The fourth-order valence-electron chi connectivity index (χ4n) is 4.15. The smallest absolute Gasteiger partial charge is 0.320 e. The Labute approximate surface area is 204 Å². The SMILES string of the molecule is O=C(O)C(CCCn1c(-c2ccccc2)n[nH]c1=S)N(Cc1ccccc1)Cc1ccccc1. The second-order valence-corrected chi connectivity index (χ2v) is 8.63. The number of carboxylic acid groups (broad SMARTS) is 1. The monoisotopic (exact) mass is 472 g/mol. The second-order valence-electron chi connectivity index (χ2n) is 8.24. The summed E-state index contributed by atoms with van der Waals surface area (Å²) in [7, 11) is 0. The summed E-state index contributed by atoms with van der Waals surface area (Å²) in [6.07, 6.45) is 1.15. The van der Waals surface area contributed by atoms with Gasteiger partial charge in [0.1, 0.15) is 6.04 Å². The summed E-state index contributed by atoms with van der Waals surface area (Å²) in [6, 6.07) is 29.3. The number of hydrogen-bond donors (Lipinski definition) is 2. The molecule has 0 amide bonds. The molecule has 0 aliphatic heterocycles. The molecule has 174 valence electrons. The molecule has 0 radical (unpaired) electrons. The van der Waals surface area contributed by atoms with E-state index in [4.69, 9.17) is 12.2 Å². The zero-order chi connectivity index (χ0) is 23.8. The van der Waals surface area contributed by atoms with E-state index in [0.717, 1.165) is 22.5 Å². The molecule has 0 fully saturated rings. The molecule has 2 N–H and O–H groups in total. The van der Waals surface area contributed by atoms with Crippen LogP contribution in [0, 0.1) is 4.77 Å². The van der Waals surface area contributed by atoms with Crippen molar-refractivity contribution in [2.75, 3.05) is 0 Å². The van der Waals surface area contributed by atoms with Crippen molar-refractivity contribution in [3.8, 4) is 11.4 Å². The fourth-order valence-corrected chi connectivity index (χ4v) is 4.37. The van der Waals surface area contributed by atoms with Crippen molar-refractivity contribution >= 4 is 18.2 Å². The molecule has 6 nitrogen and oxygen atoms in total. The van der Waals surface area contributed by atoms with E-state index in [2.05, 4.69) is 10.2 Å². The Hall–Kier alpha value is -3.55. The van der Waals surface area contributed by atoms with Gasteiger partial charge in [-0.15, -0.1) is 0 Å². The molecular weight excluding hydrogens is 444 g/mol. The molecule has 1 atom stereocenters. The minimum atomic E-state index is -0.814. The first-order chi connectivity index (χ1) is 16.6. The minimum absolute atomic E-state index is 0.496. The van der Waals surface area contributed by atoms with Crippen LogP contribution in [0.15, 0.2) is 91.0 Å². The van der Waals surface area contributed by atoms with Crippen LogP contribution >= 0.6 is 12.2 Å². The van der Waals surface area contributed by atoms with Gasteiger partial charge < -0.3 is 9.67 Å². The molecule has 3 aromatic carbocycles. The van der Waals surface area contributed by atoms with Gasteiger partial charge in [-0.3, -0.25) is 14.8 Å². The lowest BCUT2D eigenvalue weighted by Gasteiger charge is -2.29. The molecule has 0 aliphatic rings. The third-order valence-corrected chi connectivity index (χ3v) is 6.14. The second kappa shape index (κ2) is 11.5. The highest BCUT2D eigenvalue weighted by atomic mass is 32.1. The molecule has 0 spiro atoms. The van der Waals surface area contributed by atoms with Gasteiger partial charge in [-0.05, 0) is 36.2 Å². The van der Waals surface area contributed by atoms with Gasteiger partial charge in [0, 0.05) is 25.2 Å². The lowest BCUT2D eigenvalue weighted by molar-refractivity contribution is -0.144. The predicted molar refractivity (Wildman–Crippen MR) is 136 cm³/mol. The number of aromatic amines is 1. The molecule has 4 aromatic rings. The maximum Gasteiger partial charge on any atom is 0.320 e. The van der Waals surface area contributed by atoms with E-state index < -0.39 is 12.0 Å². The van der Waals surface area contributed by atoms with Crippen molar-refractivity contribution in [1.82, 2.24) is 19.7 Å². The Morgan fingerprint density at radius 1 is 0.912 bits per heavy atom. The number of hydrogen-bond acceptors (Lipinski definition) is 4. The standard InChI is InChI=1S/C27H28N4O2S/c32-26(33)24(17-10-18-31-25(28-29-27(31)34)23-15-8-3-9-16-23)30(19-21-11-4-1-5-12-21)20-22-13-6-2-7-14-22/h1-9,11-16,24H,10,17-20H2,(H,29,34)(H,32,33). The normalized spacial score (nSPS) is 12.0. The molecule has 7 heteroatoms. The van der Waals surface area contributed by atoms with Crippen LogP contribution in [0.1, 0.15) is 24.0 Å². The van der Waals surface area contributed by atoms with Gasteiger partial charge in [0.2, 0.25) is 0 Å². The van der Waals surface area contributed by atoms with Crippen LogP contribution in [0.4, 0.5) is 0 Å². The fraction of sp³-hybridized carbons (Fsp3) is 0.222. The summed E-state index contributed by atoms with van der Waals surface area (Å²) < 4.78 is 2.48. The van der Waals surface area contributed by atoms with Gasteiger partial charge >= 0.3 is 5.97 Å². The summed E-state index contributed by atoms with van der Waals surface area (Å²) in [4.78, 5) is 14.4. The summed E-state index contributed by atoms with van der Waals surface area (Å²) in [5.41, 5.74) is 3.15. The first-order valence-corrected chi connectivity index (χ1v) is 11.8. The molecule has 1 heterocycles. The first-order valence-electron chi connectivity index (χ1n) is 11.4. The van der Waals surface area contributed by atoms with Gasteiger partial charge in [0.25, 0.3) is 0 Å². The third-order valence-electron chi connectivity index (χ3n) is 5.83. The lowest BCUT2D eigenvalue weighted by atomic mass is 10.1. The molecular formula is C27H28N4O2S. The number of aromatic nitrogens is 3. The number of nitrogens with one attached hydrogen (secondary N) is 1. The number of carboxylic acids is 1. The van der Waals surface area contributed by atoms with Crippen LogP contribution in [0.2, 0.25) is 0 Å². The Balaban J connectivity index is 1.51. The van der Waals surface area contributed by atoms with Crippen molar-refractivity contribution in [2.24, 2.45) is 0 Å². The van der Waals surface area contributed by atoms with Gasteiger partial charge in [0.15, 0.2) is 10.6 Å². The zero-order valence-corrected chi connectivity index (χ0v) is 19.7. The van der Waals surface area contributed by atoms with Gasteiger partial charge in [-0.25, -0.2) is 0 Å². The first kappa shape index (κ1) is 23.6. The molecule has 4 rings (SSSR count). The Morgan fingerprint density at radius 2 is 1.44 bits per heavy atom. The number of H-pyrrole nitrogens is 1. The topological polar surface area (TPSA) is 74.1 Å². The van der Waals surface area contributed by atoms with Crippen molar-refractivity contribution in [2.45, 2.75) is 38.5 Å². The van der Waals surface area contributed by atoms with Gasteiger partial charge in [-0.2, -0.15) is 5.10 Å². The molecule has 1 unspecified atom stereocenters. The van der Waals surface area contributed by atoms with Gasteiger partial charge in [0.05, 0.1) is 0 Å². The van der Waals surface area contributed by atoms with Gasteiger partial charge in [-0.1, -0.05) is 91.0 Å². The van der Waals surface area contributed by atoms with E-state index in [-0.39, 0.29) is 0 Å². The van der Waals surface area contributed by atoms with Crippen LogP contribution in [0.25, 0.3) is 11.4 Å². The molecule has 0 saturated heterocycles. The maximum absolute atomic E-state index is 12.4. The number of benzene rings is 3. The Kier molecular flexibility index (Phi) is 8.01. The minimum Gasteiger partial charge on any atom is -0.480 e. The summed E-state index contributed by atoms with van der Waals surface area (Å²) in [6.45, 7) is 1.72. The molecule has 0 bridgehead atoms. The maximum atomic E-state index is 12.4. The van der Waals surface area contributed by atoms with Crippen LogP contribution in [-0.2, 0) is 24.4 Å².